The van der Waals surface area contributed by atoms with E-state index in [-0.39, 0.29) is 72.1 Å². The zero-order chi connectivity index (χ0) is 0. The predicted molar refractivity (Wildman–Crippen MR) is 0 cm³/mol. The standard InChI is InChI=1S/Co.Cu.Ni.Ti. The fourth-order valence-electron chi connectivity index (χ4n) is 0. The van der Waals surface area contributed by atoms with Crippen molar-refractivity contribution in [3.05, 3.63) is 0 Å². The topological polar surface area (TPSA) is 0 Å². The second kappa shape index (κ2) is 18.8. The first-order valence-corrected chi connectivity index (χ1v) is 0. The average molecular weight is 229 g/mol. The number of hydrogen-bond donors (Lipinski definition) is 0. The van der Waals surface area contributed by atoms with Crippen LogP contribution < -0.4 is 0 Å². The minimum absolute atomic E-state index is 0. The van der Waals surface area contributed by atoms with Crippen LogP contribution in [0.25, 0.3) is 0 Å². The molecule has 0 unspecified atom stereocenters. The quantitative estimate of drug-likeness (QED) is 0.512. The Kier molecular flexibility index (Phi) is 161. The van der Waals surface area contributed by atoms with Crippen LogP contribution in [-0.2, 0) is 72.1 Å². The van der Waals surface area contributed by atoms with Crippen molar-refractivity contribution in [2.75, 3.05) is 0 Å². The minimum atomic E-state index is 0. The van der Waals surface area contributed by atoms with Gasteiger partial charge in [-0.2, -0.15) is 0 Å². The molecular formula is CoCuNiTi. The van der Waals surface area contributed by atoms with E-state index in [1.165, 1.54) is 0 Å². The molecule has 0 aromatic heterocycles. The van der Waals surface area contributed by atoms with Crippen molar-refractivity contribution in [2.24, 2.45) is 0 Å². The van der Waals surface area contributed by atoms with Gasteiger partial charge in [0.25, 0.3) is 0 Å². The van der Waals surface area contributed by atoms with Crippen molar-refractivity contribution < 1.29 is 72.1 Å². The maximum atomic E-state index is 0. The van der Waals surface area contributed by atoms with Gasteiger partial charge in [-0.15, -0.1) is 0 Å². The van der Waals surface area contributed by atoms with E-state index in [0.717, 1.165) is 0 Å². The molecule has 0 aliphatic rings. The van der Waals surface area contributed by atoms with Gasteiger partial charge >= 0.3 is 0 Å². The molecule has 0 aliphatic carbocycles. The third-order valence-corrected chi connectivity index (χ3v) is 0. The summed E-state index contributed by atoms with van der Waals surface area (Å²) in [5, 5.41) is 0. The van der Waals surface area contributed by atoms with Crippen LogP contribution in [0.4, 0.5) is 0 Å². The van der Waals surface area contributed by atoms with E-state index in [2.05, 4.69) is 0 Å². The van der Waals surface area contributed by atoms with E-state index in [0.29, 0.717) is 0 Å². The van der Waals surface area contributed by atoms with E-state index in [9.17, 15) is 0 Å². The van der Waals surface area contributed by atoms with Gasteiger partial charge in [-0.05, 0) is 0 Å². The zero-order valence-electron chi connectivity index (χ0n) is 1.45. The Morgan fingerprint density at radius 1 is 1.00 bits per heavy atom. The maximum Gasteiger partial charge on any atom is 0 e. The van der Waals surface area contributed by atoms with Crippen LogP contribution in [0.1, 0.15) is 0 Å². The smallest absolute Gasteiger partial charge is 0 e. The van der Waals surface area contributed by atoms with Gasteiger partial charge in [0.1, 0.15) is 0 Å². The van der Waals surface area contributed by atoms with E-state index in [4.69, 9.17) is 0 Å². The molecule has 0 N–H and O–H groups in total. The van der Waals surface area contributed by atoms with Gasteiger partial charge in [-0.25, -0.2) is 0 Å². The third-order valence-electron chi connectivity index (χ3n) is 0. The molecule has 0 amide bonds. The van der Waals surface area contributed by atoms with Crippen molar-refractivity contribution in [3.63, 3.8) is 0 Å². The molecule has 0 saturated carbocycles. The molecule has 0 aromatic carbocycles. The molecule has 34 valence electrons. The first kappa shape index (κ1) is 34.2. The second-order valence-electron chi connectivity index (χ2n) is 0. The van der Waals surface area contributed by atoms with Crippen LogP contribution in [0, 0.1) is 0 Å². The average Bonchev–Trinajstić information content (AvgIpc) is 0. The van der Waals surface area contributed by atoms with Crippen LogP contribution in [0.2, 0.25) is 0 Å². The van der Waals surface area contributed by atoms with Gasteiger partial charge in [0.2, 0.25) is 0 Å². The molecule has 0 fully saturated rings. The van der Waals surface area contributed by atoms with Crippen molar-refractivity contribution in [1.82, 2.24) is 0 Å². The van der Waals surface area contributed by atoms with Crippen LogP contribution in [-0.4, -0.2) is 0 Å². The van der Waals surface area contributed by atoms with Gasteiger partial charge in [-0.1, -0.05) is 0 Å². The first-order valence-electron chi connectivity index (χ1n) is 0. The van der Waals surface area contributed by atoms with E-state index >= 15 is 0 Å². The van der Waals surface area contributed by atoms with Crippen molar-refractivity contribution in [2.45, 2.75) is 0 Å². The molecule has 2 radical (unpaired) electrons. The van der Waals surface area contributed by atoms with E-state index in [1.54, 1.807) is 0 Å². The molecule has 0 spiro atoms. The summed E-state index contributed by atoms with van der Waals surface area (Å²) in [4.78, 5) is 0. The van der Waals surface area contributed by atoms with Crippen molar-refractivity contribution in [3.8, 4) is 0 Å². The summed E-state index contributed by atoms with van der Waals surface area (Å²) in [7, 11) is 0. The molecule has 4 heteroatoms. The van der Waals surface area contributed by atoms with Gasteiger partial charge in [0, 0.05) is 72.1 Å². The summed E-state index contributed by atoms with van der Waals surface area (Å²) < 4.78 is 0. The Balaban J connectivity index is 0. The Morgan fingerprint density at radius 3 is 1.00 bits per heavy atom. The van der Waals surface area contributed by atoms with Gasteiger partial charge in [0.05, 0.1) is 0 Å². The Bertz CT molecular complexity index is 8.00. The Hall–Kier alpha value is 2.23. The summed E-state index contributed by atoms with van der Waals surface area (Å²) in [6, 6.07) is 0. The molecule has 0 aromatic rings. The van der Waals surface area contributed by atoms with E-state index < -0.39 is 0 Å². The Labute approximate surface area is 71.3 Å². The molecule has 0 bridgehead atoms. The van der Waals surface area contributed by atoms with E-state index in [1.807, 2.05) is 0 Å². The van der Waals surface area contributed by atoms with Gasteiger partial charge in [-0.3, -0.25) is 0 Å². The van der Waals surface area contributed by atoms with Crippen molar-refractivity contribution >= 4 is 0 Å². The minimum Gasteiger partial charge on any atom is 0 e. The monoisotopic (exact) mass is 228 g/mol. The van der Waals surface area contributed by atoms with Crippen LogP contribution in [0.3, 0.4) is 0 Å². The summed E-state index contributed by atoms with van der Waals surface area (Å²) >= 11 is 0. The fourth-order valence-corrected chi connectivity index (χ4v) is 0. The number of hydrogen-bond acceptors (Lipinski definition) is 0. The van der Waals surface area contributed by atoms with Crippen LogP contribution in [0.15, 0.2) is 0 Å². The summed E-state index contributed by atoms with van der Waals surface area (Å²) in [6.45, 7) is 0. The maximum absolute atomic E-state index is 0. The molecule has 4 heavy (non-hydrogen) atoms. The van der Waals surface area contributed by atoms with Crippen LogP contribution in [0.5, 0.6) is 0 Å². The van der Waals surface area contributed by atoms with Gasteiger partial charge < -0.3 is 0 Å². The summed E-state index contributed by atoms with van der Waals surface area (Å²) in [6.07, 6.45) is 0. The fraction of sp³-hybridized carbons (Fsp3) is 0. The molecule has 0 rings (SSSR count). The predicted octanol–water partition coefficient (Wildman–Crippen LogP) is -0.0100. The van der Waals surface area contributed by atoms with Crippen LogP contribution >= 0.6 is 0 Å². The number of rotatable bonds is 0. The first-order chi connectivity index (χ1) is 0. The largest absolute Gasteiger partial charge is 0 e. The van der Waals surface area contributed by atoms with Crippen molar-refractivity contribution in [1.29, 1.82) is 0 Å². The second-order valence-corrected chi connectivity index (χ2v) is 0. The zero-order valence-corrected chi connectivity index (χ0v) is 5.98. The molecular weight excluding hydrogens is 229 g/mol. The normalized spacial score (nSPS) is 0. The molecule has 0 saturated heterocycles. The molecule has 0 heterocycles. The summed E-state index contributed by atoms with van der Waals surface area (Å²) in [5.74, 6) is 0. The Morgan fingerprint density at radius 2 is 1.00 bits per heavy atom. The van der Waals surface area contributed by atoms with Gasteiger partial charge in [0.15, 0.2) is 0 Å². The molecule has 0 nitrogen and oxygen atoms in total. The summed E-state index contributed by atoms with van der Waals surface area (Å²) in [5.41, 5.74) is 0. The molecule has 0 aliphatic heterocycles. The molecule has 0 atom stereocenters. The SMILES string of the molecule is [Co].[Cu].[Ni].[Ti]. The third kappa shape index (κ3) is 8.87.